The number of H-pyrrole nitrogens is 3. The monoisotopic (exact) mass is 310 g/mol. The van der Waals surface area contributed by atoms with Crippen molar-refractivity contribution >= 4 is 16.8 Å². The van der Waals surface area contributed by atoms with E-state index in [1.807, 2.05) is 24.3 Å². The molecule has 0 radical (unpaired) electrons. The van der Waals surface area contributed by atoms with Crippen LogP contribution in [0.1, 0.15) is 21.7 Å². The van der Waals surface area contributed by atoms with E-state index in [1.165, 1.54) is 0 Å². The molecule has 4 rings (SSSR count). The van der Waals surface area contributed by atoms with Crippen molar-refractivity contribution in [3.8, 4) is 0 Å². The van der Waals surface area contributed by atoms with Crippen LogP contribution in [0.4, 0.5) is 0 Å². The molecule has 0 saturated carbocycles. The molecule has 3 N–H and O–H groups in total. The first-order chi connectivity index (χ1) is 11.1. The molecule has 1 aliphatic heterocycles. The number of nitrogens with one attached hydrogen (secondary N) is 3. The Hall–Kier alpha value is -3.09. The maximum atomic E-state index is 12.6. The summed E-state index contributed by atoms with van der Waals surface area (Å²) < 4.78 is 0. The Bertz CT molecular complexity index is 999. The van der Waals surface area contributed by atoms with Gasteiger partial charge in [0.2, 0.25) is 0 Å². The van der Waals surface area contributed by atoms with Crippen molar-refractivity contribution in [1.82, 2.24) is 19.9 Å². The van der Waals surface area contributed by atoms with Gasteiger partial charge in [-0.25, -0.2) is 4.79 Å². The lowest BCUT2D eigenvalue weighted by Gasteiger charge is -2.27. The first-order valence-corrected chi connectivity index (χ1v) is 7.33. The number of hydrogen-bond acceptors (Lipinski definition) is 3. The number of rotatable bonds is 1. The van der Waals surface area contributed by atoms with Crippen LogP contribution >= 0.6 is 0 Å². The molecule has 23 heavy (non-hydrogen) atoms. The van der Waals surface area contributed by atoms with Crippen LogP contribution in [-0.2, 0) is 13.0 Å². The molecular weight excluding hydrogens is 296 g/mol. The first kappa shape index (κ1) is 13.6. The summed E-state index contributed by atoms with van der Waals surface area (Å²) in [5.74, 6) is -0.343. The van der Waals surface area contributed by atoms with E-state index >= 15 is 0 Å². The summed E-state index contributed by atoms with van der Waals surface area (Å²) >= 11 is 0. The summed E-state index contributed by atoms with van der Waals surface area (Å²) in [7, 11) is 0. The number of carbonyl (C=O) groups is 1. The molecular formula is C16H14N4O3. The number of aromatic amines is 3. The lowest BCUT2D eigenvalue weighted by molar-refractivity contribution is 0.0728. The molecule has 1 amide bonds. The van der Waals surface area contributed by atoms with Gasteiger partial charge in [0, 0.05) is 47.7 Å². The molecule has 7 heteroatoms. The number of amides is 1. The Balaban J connectivity index is 1.71. The largest absolute Gasteiger partial charge is 0.358 e. The van der Waals surface area contributed by atoms with E-state index in [4.69, 9.17) is 0 Å². The van der Waals surface area contributed by atoms with Crippen molar-refractivity contribution in [2.24, 2.45) is 0 Å². The van der Waals surface area contributed by atoms with Gasteiger partial charge in [-0.15, -0.1) is 0 Å². The van der Waals surface area contributed by atoms with Gasteiger partial charge >= 0.3 is 5.69 Å². The Morgan fingerprint density at radius 1 is 1.09 bits per heavy atom. The molecule has 0 fully saturated rings. The van der Waals surface area contributed by atoms with Crippen molar-refractivity contribution < 1.29 is 4.79 Å². The molecule has 3 aromatic rings. The van der Waals surface area contributed by atoms with Gasteiger partial charge in [-0.05, 0) is 6.07 Å². The highest BCUT2D eigenvalue weighted by molar-refractivity contribution is 5.93. The van der Waals surface area contributed by atoms with Crippen LogP contribution in [0.25, 0.3) is 10.9 Å². The number of hydrogen-bond donors (Lipinski definition) is 3. The molecule has 7 nitrogen and oxygen atoms in total. The van der Waals surface area contributed by atoms with E-state index in [2.05, 4.69) is 15.0 Å². The standard InChI is InChI=1S/C16H14N4O3/c21-14-7-13(18-16(23)19-14)15(22)20-6-5-12-10(8-20)9-3-1-2-4-11(9)17-12/h1-4,7,17H,5-6,8H2,(H2,18,19,21,23). The third-order valence-electron chi connectivity index (χ3n) is 4.16. The summed E-state index contributed by atoms with van der Waals surface area (Å²) in [5.41, 5.74) is 2.04. The van der Waals surface area contributed by atoms with Crippen molar-refractivity contribution in [2.45, 2.75) is 13.0 Å². The number of para-hydroxylation sites is 1. The normalized spacial score (nSPS) is 14.0. The second-order valence-electron chi connectivity index (χ2n) is 5.61. The Labute approximate surface area is 130 Å². The number of nitrogens with zero attached hydrogens (tertiary/aromatic N) is 1. The van der Waals surface area contributed by atoms with E-state index in [0.717, 1.165) is 28.2 Å². The summed E-state index contributed by atoms with van der Waals surface area (Å²) in [6, 6.07) is 9.08. The molecule has 2 aromatic heterocycles. The molecule has 1 aliphatic rings. The summed E-state index contributed by atoms with van der Waals surface area (Å²) in [4.78, 5) is 44.8. The van der Waals surface area contributed by atoms with Crippen LogP contribution in [0.5, 0.6) is 0 Å². The Morgan fingerprint density at radius 2 is 1.91 bits per heavy atom. The van der Waals surface area contributed by atoms with Gasteiger partial charge in [-0.2, -0.15) is 0 Å². The summed E-state index contributed by atoms with van der Waals surface area (Å²) in [5, 5.41) is 1.10. The molecule has 0 atom stereocenters. The van der Waals surface area contributed by atoms with Gasteiger partial charge in [0.1, 0.15) is 5.69 Å². The minimum Gasteiger partial charge on any atom is -0.358 e. The van der Waals surface area contributed by atoms with Gasteiger partial charge in [0.15, 0.2) is 0 Å². The van der Waals surface area contributed by atoms with Crippen LogP contribution in [0.15, 0.2) is 39.9 Å². The van der Waals surface area contributed by atoms with Crippen LogP contribution in [0.3, 0.4) is 0 Å². The zero-order valence-corrected chi connectivity index (χ0v) is 12.2. The average Bonchev–Trinajstić information content (AvgIpc) is 2.91. The minimum atomic E-state index is -0.675. The third kappa shape index (κ3) is 2.26. The van der Waals surface area contributed by atoms with Crippen molar-refractivity contribution in [2.75, 3.05) is 6.54 Å². The number of carbonyl (C=O) groups excluding carboxylic acids is 1. The topological polar surface area (TPSA) is 102 Å². The fourth-order valence-electron chi connectivity index (χ4n) is 3.09. The number of fused-ring (bicyclic) bond motifs is 3. The fraction of sp³-hybridized carbons (Fsp3) is 0.188. The number of benzene rings is 1. The lowest BCUT2D eigenvalue weighted by atomic mass is 10.0. The molecule has 1 aromatic carbocycles. The van der Waals surface area contributed by atoms with Gasteiger partial charge in [-0.1, -0.05) is 18.2 Å². The maximum Gasteiger partial charge on any atom is 0.326 e. The lowest BCUT2D eigenvalue weighted by Crippen LogP contribution is -2.38. The predicted octanol–water partition coefficient (Wildman–Crippen LogP) is 0.743. The highest BCUT2D eigenvalue weighted by Crippen LogP contribution is 2.27. The highest BCUT2D eigenvalue weighted by atomic mass is 16.2. The van der Waals surface area contributed by atoms with Crippen molar-refractivity contribution in [1.29, 1.82) is 0 Å². The summed E-state index contributed by atoms with van der Waals surface area (Å²) in [6.45, 7) is 0.987. The van der Waals surface area contributed by atoms with Crippen molar-refractivity contribution in [3.63, 3.8) is 0 Å². The minimum absolute atomic E-state index is 0.0158. The SMILES string of the molecule is O=C(c1cc(=O)[nH]c(=O)[nH]1)N1CCc2[nH]c3ccccc3c2C1. The van der Waals surface area contributed by atoms with E-state index in [0.29, 0.717) is 19.5 Å². The smallest absolute Gasteiger partial charge is 0.326 e. The summed E-state index contributed by atoms with van der Waals surface area (Å²) in [6.07, 6.45) is 0.711. The van der Waals surface area contributed by atoms with Gasteiger partial charge in [0.05, 0.1) is 0 Å². The molecule has 0 unspecified atom stereocenters. The zero-order valence-electron chi connectivity index (χ0n) is 12.2. The van der Waals surface area contributed by atoms with Gasteiger partial charge in [0.25, 0.3) is 11.5 Å². The highest BCUT2D eigenvalue weighted by Gasteiger charge is 2.25. The molecule has 0 spiro atoms. The first-order valence-electron chi connectivity index (χ1n) is 7.33. The van der Waals surface area contributed by atoms with E-state index < -0.39 is 11.2 Å². The fourth-order valence-corrected chi connectivity index (χ4v) is 3.09. The molecule has 3 heterocycles. The number of aromatic nitrogens is 3. The second kappa shape index (κ2) is 4.98. The quantitative estimate of drug-likeness (QED) is 0.618. The Morgan fingerprint density at radius 3 is 2.74 bits per heavy atom. The average molecular weight is 310 g/mol. The van der Waals surface area contributed by atoms with Crippen LogP contribution in [0.2, 0.25) is 0 Å². The zero-order chi connectivity index (χ0) is 16.0. The third-order valence-corrected chi connectivity index (χ3v) is 4.16. The molecule has 0 saturated heterocycles. The van der Waals surface area contributed by atoms with Gasteiger partial charge in [-0.3, -0.25) is 14.6 Å². The van der Waals surface area contributed by atoms with E-state index in [9.17, 15) is 14.4 Å². The van der Waals surface area contributed by atoms with E-state index in [1.54, 1.807) is 4.90 Å². The molecule has 116 valence electrons. The Kier molecular flexibility index (Phi) is 2.94. The molecule has 0 bridgehead atoms. The molecule has 0 aliphatic carbocycles. The van der Waals surface area contributed by atoms with Crippen LogP contribution in [0, 0.1) is 0 Å². The second-order valence-corrected chi connectivity index (χ2v) is 5.61. The predicted molar refractivity (Wildman–Crippen MR) is 84.4 cm³/mol. The maximum absolute atomic E-state index is 12.6. The van der Waals surface area contributed by atoms with E-state index in [-0.39, 0.29) is 11.6 Å². The van der Waals surface area contributed by atoms with Crippen LogP contribution < -0.4 is 11.2 Å². The van der Waals surface area contributed by atoms with Crippen molar-refractivity contribution in [3.05, 3.63) is 68.1 Å². The van der Waals surface area contributed by atoms with Crippen LogP contribution in [-0.4, -0.2) is 32.3 Å². The van der Waals surface area contributed by atoms with Gasteiger partial charge < -0.3 is 14.9 Å².